The van der Waals surface area contributed by atoms with Crippen molar-refractivity contribution >= 4 is 32.0 Å². The van der Waals surface area contributed by atoms with E-state index in [1.54, 1.807) is 20.8 Å². The van der Waals surface area contributed by atoms with Crippen molar-refractivity contribution in [2.75, 3.05) is 19.8 Å². The van der Waals surface area contributed by atoms with Gasteiger partial charge in [0.25, 0.3) is 0 Å². The van der Waals surface area contributed by atoms with Crippen LogP contribution in [-0.4, -0.2) is 74.4 Å². The molecule has 0 spiro atoms. The number of hydrogen-bond donors (Lipinski definition) is 2. The Morgan fingerprint density at radius 1 is 1.31 bits per heavy atom. The van der Waals surface area contributed by atoms with Gasteiger partial charge in [0.05, 0.1) is 15.2 Å². The monoisotopic (exact) mass is 427 g/mol. The fourth-order valence-electron chi connectivity index (χ4n) is 3.79. The molecule has 3 atom stereocenters. The minimum Gasteiger partial charge on any atom is -0.467 e. The van der Waals surface area contributed by atoms with Gasteiger partial charge < -0.3 is 20.1 Å². The molecule has 0 radical (unpaired) electrons. The van der Waals surface area contributed by atoms with Crippen LogP contribution in [0.25, 0.3) is 0 Å². The fraction of sp³-hybridized carbons (Fsp3) is 0.789. The van der Waals surface area contributed by atoms with Crippen LogP contribution in [0.5, 0.6) is 0 Å². The third-order valence-electron chi connectivity index (χ3n) is 5.14. The predicted molar refractivity (Wildman–Crippen MR) is 109 cm³/mol. The van der Waals surface area contributed by atoms with Crippen molar-refractivity contribution in [3.05, 3.63) is 0 Å². The maximum atomic E-state index is 13.1. The van der Waals surface area contributed by atoms with E-state index >= 15 is 0 Å². The summed E-state index contributed by atoms with van der Waals surface area (Å²) in [7, 11) is -0.572. The van der Waals surface area contributed by atoms with Gasteiger partial charge in [-0.25, -0.2) is 9.59 Å². The van der Waals surface area contributed by atoms with Gasteiger partial charge >= 0.3 is 12.1 Å². The van der Waals surface area contributed by atoms with Crippen LogP contribution in [0.15, 0.2) is 0 Å². The first kappa shape index (κ1) is 23.2. The summed E-state index contributed by atoms with van der Waals surface area (Å²) in [5.74, 6) is -1.49. The van der Waals surface area contributed by atoms with Crippen LogP contribution in [0.4, 0.5) is 4.79 Å². The van der Waals surface area contributed by atoms with Crippen LogP contribution in [0.2, 0.25) is 19.1 Å². The van der Waals surface area contributed by atoms with E-state index in [1.165, 1.54) is 12.0 Å². The molecule has 3 amide bonds. The summed E-state index contributed by atoms with van der Waals surface area (Å²) in [6.07, 6.45) is 0.758. The summed E-state index contributed by atoms with van der Waals surface area (Å²) < 4.78 is 10.3. The molecular weight excluding hydrogens is 394 g/mol. The molecule has 2 fully saturated rings. The van der Waals surface area contributed by atoms with Crippen molar-refractivity contribution in [3.63, 3.8) is 0 Å². The van der Waals surface area contributed by atoms with Crippen LogP contribution >= 0.6 is 0 Å². The molecule has 2 aliphatic heterocycles. The average Bonchev–Trinajstić information content (AvgIpc) is 3.14. The second kappa shape index (κ2) is 8.72. The van der Waals surface area contributed by atoms with Crippen LogP contribution < -0.4 is 10.6 Å². The number of nitrogens with zero attached hydrogens (tertiary/aromatic N) is 1. The first-order valence-electron chi connectivity index (χ1n) is 9.98. The van der Waals surface area contributed by atoms with E-state index in [1.807, 2.05) is 0 Å². The average molecular weight is 428 g/mol. The molecule has 0 unspecified atom stereocenters. The van der Waals surface area contributed by atoms with Crippen molar-refractivity contribution < 1.29 is 28.7 Å². The minimum atomic E-state index is -1.82. The normalized spacial score (nSPS) is 24.6. The molecule has 0 aromatic rings. The maximum Gasteiger partial charge on any atom is 0.410 e. The Bertz CT molecular complexity index is 675. The molecule has 2 heterocycles. The van der Waals surface area contributed by atoms with Crippen molar-refractivity contribution in [2.45, 2.75) is 70.4 Å². The quantitative estimate of drug-likeness (QED) is 0.500. The van der Waals surface area contributed by atoms with Gasteiger partial charge in [0.2, 0.25) is 11.8 Å². The van der Waals surface area contributed by atoms with Gasteiger partial charge in [0, 0.05) is 18.6 Å². The molecule has 9 nitrogen and oxygen atoms in total. The molecule has 2 rings (SSSR count). The van der Waals surface area contributed by atoms with Gasteiger partial charge in [-0.3, -0.25) is 14.5 Å². The molecular formula is C19H33N3O6Si. The van der Waals surface area contributed by atoms with Gasteiger partial charge in [-0.05, 0) is 39.7 Å². The van der Waals surface area contributed by atoms with Crippen molar-refractivity contribution in [3.8, 4) is 0 Å². The van der Waals surface area contributed by atoms with Gasteiger partial charge in [-0.15, -0.1) is 0 Å². The highest BCUT2D eigenvalue weighted by molar-refractivity contribution is 6.79. The molecule has 0 aromatic heterocycles. The number of carbonyl (C=O) groups excluding carboxylic acids is 4. The smallest absolute Gasteiger partial charge is 0.410 e. The summed E-state index contributed by atoms with van der Waals surface area (Å²) in [5, 5.41) is 5.45. The van der Waals surface area contributed by atoms with Gasteiger partial charge in [-0.2, -0.15) is 0 Å². The fourth-order valence-corrected chi connectivity index (χ4v) is 6.65. The maximum absolute atomic E-state index is 13.1. The van der Waals surface area contributed by atoms with E-state index in [-0.39, 0.29) is 18.2 Å². The summed E-state index contributed by atoms with van der Waals surface area (Å²) in [5.41, 5.74) is -0.670. The van der Waals surface area contributed by atoms with E-state index in [4.69, 9.17) is 9.47 Å². The second-order valence-electron chi connectivity index (χ2n) is 9.59. The molecule has 2 aliphatic rings. The van der Waals surface area contributed by atoms with E-state index < -0.39 is 43.7 Å². The molecule has 0 aromatic carbocycles. The first-order chi connectivity index (χ1) is 13.3. The molecule has 2 N–H and O–H groups in total. The highest BCUT2D eigenvalue weighted by Crippen LogP contribution is 2.29. The van der Waals surface area contributed by atoms with Crippen molar-refractivity contribution in [1.82, 2.24) is 15.5 Å². The lowest BCUT2D eigenvalue weighted by molar-refractivity contribution is -0.146. The van der Waals surface area contributed by atoms with E-state index in [2.05, 4.69) is 23.7 Å². The van der Waals surface area contributed by atoms with Crippen LogP contribution in [0.3, 0.4) is 0 Å². The number of ether oxygens (including phenoxy) is 2. The Hall–Kier alpha value is -2.10. The predicted octanol–water partition coefficient (Wildman–Crippen LogP) is 1.04. The van der Waals surface area contributed by atoms with Gasteiger partial charge in [-0.1, -0.05) is 13.1 Å². The Balaban J connectivity index is 2.13. The number of methoxy groups -OCH3 is 1. The van der Waals surface area contributed by atoms with Crippen LogP contribution in [-0.2, 0) is 23.9 Å². The zero-order valence-corrected chi connectivity index (χ0v) is 19.2. The summed E-state index contributed by atoms with van der Waals surface area (Å²) in [4.78, 5) is 51.3. The third-order valence-corrected chi connectivity index (χ3v) is 7.83. The summed E-state index contributed by atoms with van der Waals surface area (Å²) in [6.45, 7) is 10.1. The topological polar surface area (TPSA) is 114 Å². The third kappa shape index (κ3) is 6.19. The van der Waals surface area contributed by atoms with E-state index in [0.29, 0.717) is 25.2 Å². The highest BCUT2D eigenvalue weighted by Gasteiger charge is 2.47. The standard InChI is InChI=1S/C19H33N3O6Si/c1-19(2,3)28-18(26)22-11-29(5,6)10-14(22)16(24)21-13(17(25)27-4)9-12-7-8-20-15(12)23/h12-14H,7-11H2,1-6H3,(H,20,23)(H,21,24)/t12-,13-,14-/m0/s1. The number of carbonyl (C=O) groups is 4. The molecule has 0 saturated carbocycles. The van der Waals surface area contributed by atoms with Gasteiger partial charge in [0.1, 0.15) is 17.7 Å². The largest absolute Gasteiger partial charge is 0.467 e. The molecule has 29 heavy (non-hydrogen) atoms. The molecule has 0 aliphatic carbocycles. The molecule has 164 valence electrons. The Kier molecular flexibility index (Phi) is 6.97. The van der Waals surface area contributed by atoms with Crippen molar-refractivity contribution in [2.24, 2.45) is 5.92 Å². The number of esters is 1. The number of nitrogens with one attached hydrogen (secondary N) is 2. The van der Waals surface area contributed by atoms with E-state index in [9.17, 15) is 19.2 Å². The van der Waals surface area contributed by atoms with E-state index in [0.717, 1.165) is 0 Å². The Labute approximate surface area is 172 Å². The number of amides is 3. The SMILES string of the molecule is COC(=O)[C@H](C[C@@H]1CCNC1=O)NC(=O)[C@@H]1C[Si](C)(C)CN1C(=O)OC(C)(C)C. The summed E-state index contributed by atoms with van der Waals surface area (Å²) in [6, 6.07) is -1.06. The number of rotatable bonds is 5. The lowest BCUT2D eigenvalue weighted by Gasteiger charge is -2.29. The lowest BCUT2D eigenvalue weighted by atomic mass is 9.98. The van der Waals surface area contributed by atoms with Crippen LogP contribution in [0, 0.1) is 5.92 Å². The zero-order valence-electron chi connectivity index (χ0n) is 18.2. The minimum absolute atomic E-state index is 0.127. The first-order valence-corrected chi connectivity index (χ1v) is 13.4. The molecule has 10 heteroatoms. The summed E-state index contributed by atoms with van der Waals surface area (Å²) >= 11 is 0. The van der Waals surface area contributed by atoms with Gasteiger partial charge in [0.15, 0.2) is 0 Å². The molecule has 0 bridgehead atoms. The Morgan fingerprint density at radius 3 is 2.48 bits per heavy atom. The Morgan fingerprint density at radius 2 is 1.97 bits per heavy atom. The second-order valence-corrected chi connectivity index (χ2v) is 14.6. The number of hydrogen-bond acceptors (Lipinski definition) is 6. The van der Waals surface area contributed by atoms with Crippen LogP contribution in [0.1, 0.15) is 33.6 Å². The highest BCUT2D eigenvalue weighted by atomic mass is 28.3. The molecule has 2 saturated heterocycles. The van der Waals surface area contributed by atoms with Crippen molar-refractivity contribution in [1.29, 1.82) is 0 Å². The lowest BCUT2D eigenvalue weighted by Crippen LogP contribution is -2.52. The zero-order chi connectivity index (χ0) is 22.0.